The molecule has 0 spiro atoms. The van der Waals surface area contributed by atoms with Crippen LogP contribution < -0.4 is 5.32 Å². The van der Waals surface area contributed by atoms with Gasteiger partial charge in [-0.1, -0.05) is 29.8 Å². The predicted molar refractivity (Wildman–Crippen MR) is 74.5 cm³/mol. The Balaban J connectivity index is 1.86. The standard InChI is InChI=1S/C15H14ClF2NO/c16-13-6-1-10(7-14(13)18)8-19-9-15(20)11-2-4-12(17)5-3-11/h1-7,15,19-20H,8-9H2. The third kappa shape index (κ3) is 4.00. The SMILES string of the molecule is OC(CNCc1ccc(Cl)c(F)c1)c1ccc(F)cc1. The van der Waals surface area contributed by atoms with Crippen LogP contribution in [0.3, 0.4) is 0 Å². The molecule has 0 aliphatic heterocycles. The minimum Gasteiger partial charge on any atom is -0.387 e. The van der Waals surface area contributed by atoms with E-state index in [2.05, 4.69) is 5.32 Å². The predicted octanol–water partition coefficient (Wildman–Crippen LogP) is 3.44. The van der Waals surface area contributed by atoms with Crippen LogP contribution in [-0.4, -0.2) is 11.7 Å². The van der Waals surface area contributed by atoms with Gasteiger partial charge in [0.25, 0.3) is 0 Å². The molecule has 0 aromatic heterocycles. The zero-order valence-electron chi connectivity index (χ0n) is 10.6. The lowest BCUT2D eigenvalue weighted by Gasteiger charge is -2.12. The van der Waals surface area contributed by atoms with Crippen molar-refractivity contribution in [2.45, 2.75) is 12.6 Å². The van der Waals surface area contributed by atoms with Crippen LogP contribution >= 0.6 is 11.6 Å². The maximum atomic E-state index is 13.2. The summed E-state index contributed by atoms with van der Waals surface area (Å²) < 4.78 is 26.0. The van der Waals surface area contributed by atoms with Crippen molar-refractivity contribution < 1.29 is 13.9 Å². The second-order valence-electron chi connectivity index (χ2n) is 4.45. The number of hydrogen-bond acceptors (Lipinski definition) is 2. The quantitative estimate of drug-likeness (QED) is 0.886. The van der Waals surface area contributed by atoms with Gasteiger partial charge in [0.2, 0.25) is 0 Å². The van der Waals surface area contributed by atoms with Crippen LogP contribution in [0.1, 0.15) is 17.2 Å². The van der Waals surface area contributed by atoms with Crippen molar-refractivity contribution >= 4 is 11.6 Å². The molecule has 0 aliphatic carbocycles. The molecule has 106 valence electrons. The number of hydrogen-bond donors (Lipinski definition) is 2. The Labute approximate surface area is 121 Å². The number of rotatable bonds is 5. The molecule has 1 unspecified atom stereocenters. The van der Waals surface area contributed by atoms with Gasteiger partial charge in [-0.25, -0.2) is 8.78 Å². The Bertz CT molecular complexity index is 575. The normalized spacial score (nSPS) is 12.4. The van der Waals surface area contributed by atoms with Crippen LogP contribution in [0.5, 0.6) is 0 Å². The summed E-state index contributed by atoms with van der Waals surface area (Å²) in [4.78, 5) is 0. The van der Waals surface area contributed by atoms with Crippen LogP contribution in [0.25, 0.3) is 0 Å². The van der Waals surface area contributed by atoms with Crippen molar-refractivity contribution in [3.05, 3.63) is 70.2 Å². The largest absolute Gasteiger partial charge is 0.387 e. The van der Waals surface area contributed by atoms with Gasteiger partial charge in [-0.05, 0) is 35.4 Å². The lowest BCUT2D eigenvalue weighted by molar-refractivity contribution is 0.174. The van der Waals surface area contributed by atoms with Crippen molar-refractivity contribution in [2.75, 3.05) is 6.54 Å². The molecule has 0 fully saturated rings. The summed E-state index contributed by atoms with van der Waals surface area (Å²) >= 11 is 5.59. The summed E-state index contributed by atoms with van der Waals surface area (Å²) in [6, 6.07) is 10.2. The molecule has 0 aliphatic rings. The minimum atomic E-state index is -0.743. The number of nitrogens with one attached hydrogen (secondary N) is 1. The van der Waals surface area contributed by atoms with Gasteiger partial charge in [0, 0.05) is 13.1 Å². The monoisotopic (exact) mass is 297 g/mol. The van der Waals surface area contributed by atoms with Gasteiger partial charge in [0.05, 0.1) is 11.1 Å². The molecule has 2 N–H and O–H groups in total. The van der Waals surface area contributed by atoms with E-state index >= 15 is 0 Å². The van der Waals surface area contributed by atoms with Crippen molar-refractivity contribution in [3.63, 3.8) is 0 Å². The molecule has 2 aromatic rings. The number of aliphatic hydroxyl groups excluding tert-OH is 1. The van der Waals surface area contributed by atoms with E-state index in [1.807, 2.05) is 0 Å². The second kappa shape index (κ2) is 6.79. The highest BCUT2D eigenvalue weighted by Gasteiger charge is 2.07. The average molecular weight is 298 g/mol. The summed E-state index contributed by atoms with van der Waals surface area (Å²) in [5.41, 5.74) is 1.36. The topological polar surface area (TPSA) is 32.3 Å². The first-order valence-corrected chi connectivity index (χ1v) is 6.52. The fourth-order valence-electron chi connectivity index (χ4n) is 1.81. The van der Waals surface area contributed by atoms with Crippen LogP contribution in [0.2, 0.25) is 5.02 Å². The third-order valence-electron chi connectivity index (χ3n) is 2.91. The van der Waals surface area contributed by atoms with Gasteiger partial charge in [0.1, 0.15) is 11.6 Å². The summed E-state index contributed by atoms with van der Waals surface area (Å²) in [5.74, 6) is -0.810. The Kier molecular flexibility index (Phi) is 5.06. The average Bonchev–Trinajstić information content (AvgIpc) is 2.43. The van der Waals surface area contributed by atoms with E-state index in [1.54, 1.807) is 6.07 Å². The van der Waals surface area contributed by atoms with E-state index < -0.39 is 11.9 Å². The maximum Gasteiger partial charge on any atom is 0.142 e. The minimum absolute atomic E-state index is 0.0834. The Hall–Kier alpha value is -1.49. The molecule has 2 rings (SSSR count). The molecule has 2 aromatic carbocycles. The van der Waals surface area contributed by atoms with Gasteiger partial charge in [-0.3, -0.25) is 0 Å². The summed E-state index contributed by atoms with van der Waals surface area (Å²) in [6.07, 6.45) is -0.743. The molecule has 2 nitrogen and oxygen atoms in total. The highest BCUT2D eigenvalue weighted by molar-refractivity contribution is 6.30. The summed E-state index contributed by atoms with van der Waals surface area (Å²) in [5, 5.41) is 13.0. The molecule has 0 radical (unpaired) electrons. The molecule has 0 amide bonds. The van der Waals surface area contributed by atoms with Crippen molar-refractivity contribution in [1.82, 2.24) is 5.32 Å². The van der Waals surface area contributed by atoms with E-state index in [0.29, 0.717) is 12.1 Å². The van der Waals surface area contributed by atoms with Crippen LogP contribution in [0.4, 0.5) is 8.78 Å². The number of benzene rings is 2. The smallest absolute Gasteiger partial charge is 0.142 e. The summed E-state index contributed by atoms with van der Waals surface area (Å²) in [6.45, 7) is 0.697. The van der Waals surface area contributed by atoms with E-state index in [4.69, 9.17) is 11.6 Å². The fourth-order valence-corrected chi connectivity index (χ4v) is 1.92. The lowest BCUT2D eigenvalue weighted by Crippen LogP contribution is -2.21. The Morgan fingerprint density at radius 3 is 2.45 bits per heavy atom. The van der Waals surface area contributed by atoms with Crippen molar-refractivity contribution in [1.29, 1.82) is 0 Å². The molecule has 0 heterocycles. The van der Waals surface area contributed by atoms with E-state index in [1.165, 1.54) is 36.4 Å². The van der Waals surface area contributed by atoms with Gasteiger partial charge in [-0.15, -0.1) is 0 Å². The third-order valence-corrected chi connectivity index (χ3v) is 3.21. The maximum absolute atomic E-state index is 13.2. The summed E-state index contributed by atoms with van der Waals surface area (Å²) in [7, 11) is 0. The molecular weight excluding hydrogens is 284 g/mol. The lowest BCUT2D eigenvalue weighted by atomic mass is 10.1. The van der Waals surface area contributed by atoms with Gasteiger partial charge >= 0.3 is 0 Å². The van der Waals surface area contributed by atoms with Gasteiger partial charge in [0.15, 0.2) is 0 Å². The highest BCUT2D eigenvalue weighted by Crippen LogP contribution is 2.16. The number of aliphatic hydroxyl groups is 1. The second-order valence-corrected chi connectivity index (χ2v) is 4.85. The van der Waals surface area contributed by atoms with Crippen LogP contribution in [-0.2, 0) is 6.54 Å². The van der Waals surface area contributed by atoms with Gasteiger partial charge in [-0.2, -0.15) is 0 Å². The van der Waals surface area contributed by atoms with E-state index in [0.717, 1.165) is 5.56 Å². The van der Waals surface area contributed by atoms with Crippen LogP contribution in [0, 0.1) is 11.6 Å². The van der Waals surface area contributed by atoms with E-state index in [-0.39, 0.29) is 17.4 Å². The molecule has 1 atom stereocenters. The Morgan fingerprint density at radius 1 is 1.10 bits per heavy atom. The first-order valence-electron chi connectivity index (χ1n) is 6.14. The van der Waals surface area contributed by atoms with Gasteiger partial charge < -0.3 is 10.4 Å². The molecule has 0 bridgehead atoms. The van der Waals surface area contributed by atoms with Crippen molar-refractivity contribution in [2.24, 2.45) is 0 Å². The molecule has 0 saturated heterocycles. The van der Waals surface area contributed by atoms with E-state index in [9.17, 15) is 13.9 Å². The molecule has 5 heteroatoms. The first kappa shape index (κ1) is 14.9. The molecule has 0 saturated carbocycles. The molecular formula is C15H14ClF2NO. The highest BCUT2D eigenvalue weighted by atomic mass is 35.5. The first-order chi connectivity index (χ1) is 9.56. The molecule has 20 heavy (non-hydrogen) atoms. The fraction of sp³-hybridized carbons (Fsp3) is 0.200. The number of halogens is 3. The Morgan fingerprint density at radius 2 is 1.80 bits per heavy atom. The zero-order chi connectivity index (χ0) is 14.5. The van der Waals surface area contributed by atoms with Crippen molar-refractivity contribution in [3.8, 4) is 0 Å². The zero-order valence-corrected chi connectivity index (χ0v) is 11.4. The van der Waals surface area contributed by atoms with Crippen LogP contribution in [0.15, 0.2) is 42.5 Å².